The molecule has 0 aliphatic carbocycles. The third kappa shape index (κ3) is 4.81. The Bertz CT molecular complexity index is 713. The topological polar surface area (TPSA) is 72.6 Å². The molecule has 23 heavy (non-hydrogen) atoms. The number of carbonyl (C=O) groups is 1. The number of hydroxylamine groups is 1. The highest BCUT2D eigenvalue weighted by Crippen LogP contribution is 2.14. The molecule has 0 unspecified atom stereocenters. The van der Waals surface area contributed by atoms with Crippen LogP contribution in [0.4, 0.5) is 4.39 Å². The monoisotopic (exact) mass is 317 g/mol. The maximum Gasteiger partial charge on any atom is 0.373 e. The quantitative estimate of drug-likeness (QED) is 0.385. The molecule has 2 aromatic carbocycles. The van der Waals surface area contributed by atoms with Gasteiger partial charge >= 0.3 is 5.97 Å². The van der Waals surface area contributed by atoms with Gasteiger partial charge in [0, 0.05) is 12.5 Å². The average molecular weight is 317 g/mol. The van der Waals surface area contributed by atoms with E-state index in [1.54, 1.807) is 36.4 Å². The second-order valence-electron chi connectivity index (χ2n) is 4.99. The Morgan fingerprint density at radius 1 is 1.35 bits per heavy atom. The number of rotatable bonds is 6. The van der Waals surface area contributed by atoms with Crippen molar-refractivity contribution in [2.75, 3.05) is 0 Å². The van der Waals surface area contributed by atoms with E-state index in [2.05, 4.69) is 0 Å². The van der Waals surface area contributed by atoms with Crippen molar-refractivity contribution < 1.29 is 23.8 Å². The van der Waals surface area contributed by atoms with E-state index in [9.17, 15) is 14.4 Å². The second kappa shape index (κ2) is 7.40. The Morgan fingerprint density at radius 3 is 2.65 bits per heavy atom. The number of halogens is 1. The van der Waals surface area contributed by atoms with Crippen LogP contribution < -0.4 is 4.74 Å². The second-order valence-corrected chi connectivity index (χ2v) is 4.99. The summed E-state index contributed by atoms with van der Waals surface area (Å²) in [6.07, 6.45) is 1.20. The van der Waals surface area contributed by atoms with Crippen molar-refractivity contribution in [3.05, 3.63) is 70.7 Å². The van der Waals surface area contributed by atoms with Gasteiger partial charge in [-0.15, -0.1) is 0 Å². The van der Waals surface area contributed by atoms with Crippen LogP contribution >= 0.6 is 0 Å². The molecule has 0 aromatic heterocycles. The summed E-state index contributed by atoms with van der Waals surface area (Å²) in [6.45, 7) is 1.53. The standard InChI is InChI=1S/C17H16FNO4/c1-12(17(20)21)19(22)10-13-5-7-16(8-6-13)23-11-14-3-2-4-15(18)9-14/h2-10,12H,11H2,1H3,(H,20,21)/b19-10-/t12-/m0/s1. The molecule has 0 radical (unpaired) electrons. The summed E-state index contributed by atoms with van der Waals surface area (Å²) in [5.74, 6) is -0.944. The van der Waals surface area contributed by atoms with E-state index in [-0.39, 0.29) is 12.4 Å². The summed E-state index contributed by atoms with van der Waals surface area (Å²) in [4.78, 5) is 10.7. The Labute approximate surface area is 132 Å². The van der Waals surface area contributed by atoms with Crippen molar-refractivity contribution >= 4 is 12.2 Å². The highest BCUT2D eigenvalue weighted by molar-refractivity contribution is 5.78. The predicted octanol–water partition coefficient (Wildman–Crippen LogP) is 2.81. The molecule has 1 atom stereocenters. The van der Waals surface area contributed by atoms with Crippen LogP contribution in [0.3, 0.4) is 0 Å². The molecule has 6 heteroatoms. The number of nitrogens with zero attached hydrogens (tertiary/aromatic N) is 1. The number of hydrogen-bond acceptors (Lipinski definition) is 3. The van der Waals surface area contributed by atoms with Gasteiger partial charge in [-0.1, -0.05) is 12.1 Å². The molecule has 0 aliphatic rings. The Kier molecular flexibility index (Phi) is 5.30. The lowest BCUT2D eigenvalue weighted by Gasteiger charge is -2.09. The molecule has 0 saturated carbocycles. The van der Waals surface area contributed by atoms with Gasteiger partial charge in [-0.3, -0.25) is 0 Å². The van der Waals surface area contributed by atoms with Crippen LogP contribution in [0.5, 0.6) is 5.75 Å². The van der Waals surface area contributed by atoms with Gasteiger partial charge in [-0.05, 0) is 42.0 Å². The lowest BCUT2D eigenvalue weighted by atomic mass is 10.2. The first-order chi connectivity index (χ1) is 11.0. The van der Waals surface area contributed by atoms with Gasteiger partial charge in [-0.2, -0.15) is 4.74 Å². The van der Waals surface area contributed by atoms with Crippen LogP contribution in [0.15, 0.2) is 48.5 Å². The summed E-state index contributed by atoms with van der Waals surface area (Å²) in [6, 6.07) is 11.6. The molecule has 120 valence electrons. The molecule has 5 nitrogen and oxygen atoms in total. The van der Waals surface area contributed by atoms with Crippen molar-refractivity contribution in [1.82, 2.24) is 0 Å². The zero-order valence-electron chi connectivity index (χ0n) is 12.5. The first-order valence-corrected chi connectivity index (χ1v) is 6.96. The van der Waals surface area contributed by atoms with E-state index in [0.29, 0.717) is 21.6 Å². The molecule has 0 spiro atoms. The largest absolute Gasteiger partial charge is 0.623 e. The molecule has 0 bridgehead atoms. The molecule has 2 rings (SSSR count). The molecule has 1 N–H and O–H groups in total. The molecule has 0 fully saturated rings. The van der Waals surface area contributed by atoms with Gasteiger partial charge in [-0.25, -0.2) is 9.18 Å². The van der Waals surface area contributed by atoms with Gasteiger partial charge in [0.05, 0.1) is 0 Å². The van der Waals surface area contributed by atoms with E-state index in [4.69, 9.17) is 9.84 Å². The molecule has 2 aromatic rings. The van der Waals surface area contributed by atoms with E-state index < -0.39 is 12.0 Å². The van der Waals surface area contributed by atoms with Crippen molar-refractivity contribution in [3.63, 3.8) is 0 Å². The van der Waals surface area contributed by atoms with Gasteiger partial charge in [0.15, 0.2) is 6.21 Å². The number of aliphatic carboxylic acids is 1. The van der Waals surface area contributed by atoms with Gasteiger partial charge < -0.3 is 15.1 Å². The SMILES string of the molecule is C[C@@H](C(=O)O)/[N+]([O-])=C/c1ccc(OCc2cccc(F)c2)cc1. The summed E-state index contributed by atoms with van der Waals surface area (Å²) in [5.41, 5.74) is 1.27. The lowest BCUT2D eigenvalue weighted by molar-refractivity contribution is -0.479. The number of ether oxygens (including phenoxy) is 1. The molecule has 0 amide bonds. The summed E-state index contributed by atoms with van der Waals surface area (Å²) in [5, 5.41) is 20.4. The minimum absolute atomic E-state index is 0.227. The number of hydrogen-bond donors (Lipinski definition) is 1. The summed E-state index contributed by atoms with van der Waals surface area (Å²) in [7, 11) is 0. The molecular formula is C17H16FNO4. The first kappa shape index (κ1) is 16.5. The fraction of sp³-hybridized carbons (Fsp3) is 0.176. The van der Waals surface area contributed by atoms with Crippen LogP contribution in [0.1, 0.15) is 18.1 Å². The normalized spacial score (nSPS) is 12.7. The minimum Gasteiger partial charge on any atom is -0.623 e. The minimum atomic E-state index is -1.19. The maximum absolute atomic E-state index is 13.1. The first-order valence-electron chi connectivity index (χ1n) is 6.96. The van der Waals surface area contributed by atoms with Crippen LogP contribution in [0.25, 0.3) is 0 Å². The molecular weight excluding hydrogens is 301 g/mol. The van der Waals surface area contributed by atoms with Gasteiger partial charge in [0.25, 0.3) is 6.04 Å². The van der Waals surface area contributed by atoms with E-state index in [1.807, 2.05) is 0 Å². The van der Waals surface area contributed by atoms with Gasteiger partial charge in [0.1, 0.15) is 18.2 Å². The third-order valence-electron chi connectivity index (χ3n) is 3.19. The van der Waals surface area contributed by atoms with Crippen LogP contribution in [-0.2, 0) is 11.4 Å². The van der Waals surface area contributed by atoms with Crippen molar-refractivity contribution in [3.8, 4) is 5.75 Å². The smallest absolute Gasteiger partial charge is 0.373 e. The highest BCUT2D eigenvalue weighted by atomic mass is 19.1. The summed E-state index contributed by atoms with van der Waals surface area (Å²) < 4.78 is 19.0. The number of benzene rings is 2. The molecule has 0 aliphatic heterocycles. The Hall–Kier alpha value is -2.89. The highest BCUT2D eigenvalue weighted by Gasteiger charge is 2.17. The van der Waals surface area contributed by atoms with E-state index in [0.717, 1.165) is 0 Å². The Balaban J connectivity index is 1.99. The van der Waals surface area contributed by atoms with Gasteiger partial charge in [0.2, 0.25) is 0 Å². The van der Waals surface area contributed by atoms with Crippen molar-refractivity contribution in [2.45, 2.75) is 19.6 Å². The van der Waals surface area contributed by atoms with Crippen molar-refractivity contribution in [2.24, 2.45) is 0 Å². The van der Waals surface area contributed by atoms with E-state index >= 15 is 0 Å². The summed E-state index contributed by atoms with van der Waals surface area (Å²) >= 11 is 0. The third-order valence-corrected chi connectivity index (χ3v) is 3.19. The zero-order chi connectivity index (χ0) is 16.8. The Morgan fingerprint density at radius 2 is 2.04 bits per heavy atom. The average Bonchev–Trinajstić information content (AvgIpc) is 2.53. The molecule has 0 heterocycles. The van der Waals surface area contributed by atoms with Crippen molar-refractivity contribution in [1.29, 1.82) is 0 Å². The zero-order valence-corrected chi connectivity index (χ0v) is 12.5. The van der Waals surface area contributed by atoms with Crippen LogP contribution in [0, 0.1) is 11.0 Å². The maximum atomic E-state index is 13.1. The van der Waals surface area contributed by atoms with Crippen LogP contribution in [-0.4, -0.2) is 28.1 Å². The van der Waals surface area contributed by atoms with Crippen LogP contribution in [0.2, 0.25) is 0 Å². The molecule has 0 saturated heterocycles. The fourth-order valence-corrected chi connectivity index (χ4v) is 1.81. The fourth-order valence-electron chi connectivity index (χ4n) is 1.81. The predicted molar refractivity (Wildman–Crippen MR) is 83.1 cm³/mol. The number of carboxylic acid groups (broad SMARTS) is 1. The lowest BCUT2D eigenvalue weighted by Crippen LogP contribution is -2.28. The number of carboxylic acids is 1. The van der Waals surface area contributed by atoms with E-state index in [1.165, 1.54) is 25.3 Å².